The highest BCUT2D eigenvalue weighted by Crippen LogP contribution is 2.63. The van der Waals surface area contributed by atoms with Gasteiger partial charge in [-0.05, 0) is 74.7 Å². The fourth-order valence-electron chi connectivity index (χ4n) is 6.54. The molecule has 1 aliphatic carbocycles. The highest BCUT2D eigenvalue weighted by Gasteiger charge is 2.65. The van der Waals surface area contributed by atoms with Gasteiger partial charge < -0.3 is 5.32 Å². The first-order valence-electron chi connectivity index (χ1n) is 8.81. The molecule has 1 radical (unpaired) electrons. The third kappa shape index (κ3) is 1.34. The Morgan fingerprint density at radius 3 is 3.19 bits per heavy atom. The van der Waals surface area contributed by atoms with Gasteiger partial charge in [0.25, 0.3) is 0 Å². The number of fused-ring (bicyclic) bond motifs is 1. The summed E-state index contributed by atoms with van der Waals surface area (Å²) in [5.74, 6) is 0. The van der Waals surface area contributed by atoms with Crippen molar-refractivity contribution >= 4 is 5.69 Å². The fraction of sp³-hybridized carbons (Fsp3) is 0.684. The van der Waals surface area contributed by atoms with E-state index in [0.717, 1.165) is 6.04 Å². The van der Waals surface area contributed by atoms with E-state index in [1.165, 1.54) is 57.3 Å². The van der Waals surface area contributed by atoms with E-state index < -0.39 is 0 Å². The lowest BCUT2D eigenvalue weighted by molar-refractivity contribution is -0.0309. The molecule has 3 heterocycles. The molecule has 1 N–H and O–H groups in total. The Kier molecular flexibility index (Phi) is 2.41. The molecule has 21 heavy (non-hydrogen) atoms. The molecule has 4 atom stereocenters. The van der Waals surface area contributed by atoms with Crippen LogP contribution in [0.25, 0.3) is 0 Å². The second-order valence-corrected chi connectivity index (χ2v) is 7.76. The van der Waals surface area contributed by atoms with Gasteiger partial charge in [-0.2, -0.15) is 0 Å². The Labute approximate surface area is 127 Å². The Balaban J connectivity index is 1.72. The van der Waals surface area contributed by atoms with Crippen LogP contribution in [0.1, 0.15) is 51.0 Å². The number of nitrogens with one attached hydrogen (secondary N) is 1. The quantitative estimate of drug-likeness (QED) is 0.846. The molecule has 0 aromatic heterocycles. The van der Waals surface area contributed by atoms with Crippen molar-refractivity contribution in [2.45, 2.75) is 62.9 Å². The van der Waals surface area contributed by atoms with Gasteiger partial charge in [-0.15, -0.1) is 0 Å². The van der Waals surface area contributed by atoms with Crippen LogP contribution in [-0.4, -0.2) is 30.1 Å². The number of anilines is 1. The van der Waals surface area contributed by atoms with Gasteiger partial charge in [0.1, 0.15) is 0 Å². The summed E-state index contributed by atoms with van der Waals surface area (Å²) in [6.07, 6.45) is 8.35. The lowest BCUT2D eigenvalue weighted by atomic mass is 9.52. The van der Waals surface area contributed by atoms with Gasteiger partial charge in [-0.1, -0.05) is 19.1 Å². The summed E-state index contributed by atoms with van der Waals surface area (Å²) in [7, 11) is 0. The summed E-state index contributed by atoms with van der Waals surface area (Å²) in [4.78, 5) is 2.85. The Morgan fingerprint density at radius 1 is 1.33 bits per heavy atom. The molecule has 1 aromatic rings. The molecule has 4 aliphatic rings. The first kappa shape index (κ1) is 12.5. The Bertz CT molecular complexity index is 583. The molecule has 1 spiro atoms. The van der Waals surface area contributed by atoms with Gasteiger partial charge in [0.2, 0.25) is 0 Å². The molecular weight excluding hydrogens is 256 g/mol. The zero-order chi connectivity index (χ0) is 14.1. The largest absolute Gasteiger partial charge is 0.381 e. The van der Waals surface area contributed by atoms with E-state index >= 15 is 0 Å². The van der Waals surface area contributed by atoms with Gasteiger partial charge in [0.05, 0.1) is 0 Å². The van der Waals surface area contributed by atoms with Crippen LogP contribution >= 0.6 is 0 Å². The molecule has 1 saturated carbocycles. The number of benzene rings is 1. The van der Waals surface area contributed by atoms with Crippen molar-refractivity contribution in [2.24, 2.45) is 5.41 Å². The van der Waals surface area contributed by atoms with Crippen molar-refractivity contribution < 1.29 is 0 Å². The Hall–Kier alpha value is -1.02. The van der Waals surface area contributed by atoms with Crippen LogP contribution in [0.3, 0.4) is 0 Å². The van der Waals surface area contributed by atoms with Crippen LogP contribution in [0.4, 0.5) is 5.69 Å². The first-order valence-corrected chi connectivity index (χ1v) is 8.81. The molecule has 2 saturated heterocycles. The maximum Gasteiger partial charge on any atom is 0.0388 e. The van der Waals surface area contributed by atoms with Crippen molar-refractivity contribution in [1.82, 2.24) is 4.90 Å². The third-order valence-electron chi connectivity index (χ3n) is 7.32. The zero-order valence-electron chi connectivity index (χ0n) is 13.0. The van der Waals surface area contributed by atoms with Crippen LogP contribution < -0.4 is 5.32 Å². The molecule has 1 aromatic carbocycles. The topological polar surface area (TPSA) is 15.3 Å². The van der Waals surface area contributed by atoms with Crippen LogP contribution in [0, 0.1) is 11.5 Å². The molecule has 5 rings (SSSR count). The van der Waals surface area contributed by atoms with E-state index in [1.807, 2.05) is 0 Å². The smallest absolute Gasteiger partial charge is 0.0388 e. The number of rotatable bonds is 1. The average molecular weight is 281 g/mol. The summed E-state index contributed by atoms with van der Waals surface area (Å²) >= 11 is 0. The molecule has 0 unspecified atom stereocenters. The van der Waals surface area contributed by atoms with Crippen molar-refractivity contribution in [1.29, 1.82) is 0 Å². The van der Waals surface area contributed by atoms with Crippen molar-refractivity contribution in [3.8, 4) is 0 Å². The minimum absolute atomic E-state index is 0.388. The van der Waals surface area contributed by atoms with Gasteiger partial charge in [-0.3, -0.25) is 4.90 Å². The number of piperidine rings is 1. The van der Waals surface area contributed by atoms with Crippen LogP contribution in [0.2, 0.25) is 0 Å². The monoisotopic (exact) mass is 281 g/mol. The molecule has 111 valence electrons. The minimum atomic E-state index is 0.388. The third-order valence-corrected chi connectivity index (χ3v) is 7.32. The highest BCUT2D eigenvalue weighted by atomic mass is 15.2. The van der Waals surface area contributed by atoms with Crippen molar-refractivity contribution in [3.05, 3.63) is 29.8 Å². The zero-order valence-corrected chi connectivity index (χ0v) is 13.0. The van der Waals surface area contributed by atoms with E-state index in [0.29, 0.717) is 16.9 Å². The molecule has 2 nitrogen and oxygen atoms in total. The lowest BCUT2D eigenvalue weighted by Gasteiger charge is -2.58. The predicted octanol–water partition coefficient (Wildman–Crippen LogP) is 3.58. The summed E-state index contributed by atoms with van der Waals surface area (Å²) < 4.78 is 0. The van der Waals surface area contributed by atoms with Gasteiger partial charge in [0, 0.05) is 23.2 Å². The van der Waals surface area contributed by atoms with E-state index in [2.05, 4.69) is 41.4 Å². The summed E-state index contributed by atoms with van der Waals surface area (Å²) in [6.45, 7) is 5.08. The fourth-order valence-corrected chi connectivity index (χ4v) is 6.54. The second kappa shape index (κ2) is 4.04. The number of nitrogens with zero attached hydrogens (tertiary/aromatic N) is 1. The predicted molar refractivity (Wildman–Crippen MR) is 85.5 cm³/mol. The van der Waals surface area contributed by atoms with Crippen LogP contribution in [0.15, 0.2) is 18.2 Å². The van der Waals surface area contributed by atoms with E-state index in [4.69, 9.17) is 0 Å². The molecular formula is C19H25N2. The van der Waals surface area contributed by atoms with Gasteiger partial charge in [0.15, 0.2) is 0 Å². The van der Waals surface area contributed by atoms with E-state index in [1.54, 1.807) is 5.56 Å². The number of hydrogen-bond donors (Lipinski definition) is 1. The molecule has 0 amide bonds. The maximum atomic E-state index is 3.87. The normalized spacial score (nSPS) is 43.9. The standard InChI is InChI=1S/C19H25N2/c1-2-18-9-5-12-21-13-11-19(17(18)21)14-6-3-4-7-15(14)20-16(19)8-10-18/h3,6-7,16-17,20H,2,5,8-13H2,1H3/t16-,17-,18-,19-/m1/s1. The first-order chi connectivity index (χ1) is 10.3. The summed E-state index contributed by atoms with van der Waals surface area (Å²) in [5.41, 5.74) is 3.95. The maximum absolute atomic E-state index is 3.87. The van der Waals surface area contributed by atoms with E-state index in [9.17, 15) is 0 Å². The van der Waals surface area contributed by atoms with Gasteiger partial charge >= 0.3 is 0 Å². The van der Waals surface area contributed by atoms with Crippen LogP contribution in [0.5, 0.6) is 0 Å². The molecule has 2 heteroatoms. The van der Waals surface area contributed by atoms with Crippen molar-refractivity contribution in [3.63, 3.8) is 0 Å². The SMILES string of the molecule is CC[C@@]12CCCN3CC[C@]4(c5cc[c]cc5N[C@@H]4CC1)[C@H]32. The summed E-state index contributed by atoms with van der Waals surface area (Å²) in [5, 5.41) is 3.87. The van der Waals surface area contributed by atoms with E-state index in [-0.39, 0.29) is 0 Å². The number of hydrogen-bond acceptors (Lipinski definition) is 2. The summed E-state index contributed by atoms with van der Waals surface area (Å²) in [6, 6.07) is 11.4. The Morgan fingerprint density at radius 2 is 2.29 bits per heavy atom. The van der Waals surface area contributed by atoms with Crippen molar-refractivity contribution in [2.75, 3.05) is 18.4 Å². The second-order valence-electron chi connectivity index (χ2n) is 7.76. The molecule has 3 fully saturated rings. The van der Waals surface area contributed by atoms with Gasteiger partial charge in [-0.25, -0.2) is 0 Å². The highest BCUT2D eigenvalue weighted by molar-refractivity contribution is 5.64. The average Bonchev–Trinajstić information content (AvgIpc) is 3.08. The lowest BCUT2D eigenvalue weighted by Crippen LogP contribution is -2.63. The molecule has 0 bridgehead atoms. The molecule has 3 aliphatic heterocycles. The minimum Gasteiger partial charge on any atom is -0.381 e. The van der Waals surface area contributed by atoms with Crippen LogP contribution in [-0.2, 0) is 5.41 Å².